The molecule has 0 spiro atoms. The summed E-state index contributed by atoms with van der Waals surface area (Å²) >= 11 is 0. The van der Waals surface area contributed by atoms with E-state index in [0.29, 0.717) is 0 Å². The maximum atomic E-state index is 11.8. The van der Waals surface area contributed by atoms with Crippen molar-refractivity contribution in [1.82, 2.24) is 15.6 Å². The lowest BCUT2D eigenvalue weighted by atomic mass is 10.1. The molecular weight excluding hydrogens is 294 g/mol. The SMILES string of the molecule is C[C@H](NC(=O)CNC(=O)OCc1ccccc1)c1ccncc1. The highest BCUT2D eigenvalue weighted by molar-refractivity contribution is 5.82. The van der Waals surface area contributed by atoms with Crippen LogP contribution in [0.1, 0.15) is 24.1 Å². The van der Waals surface area contributed by atoms with E-state index >= 15 is 0 Å². The van der Waals surface area contributed by atoms with Gasteiger partial charge in [0.1, 0.15) is 13.2 Å². The molecule has 2 aromatic rings. The molecule has 0 bridgehead atoms. The number of hydrogen-bond acceptors (Lipinski definition) is 4. The van der Waals surface area contributed by atoms with E-state index in [-0.39, 0.29) is 25.1 Å². The van der Waals surface area contributed by atoms with Crippen LogP contribution in [0.3, 0.4) is 0 Å². The monoisotopic (exact) mass is 313 g/mol. The van der Waals surface area contributed by atoms with Crippen LogP contribution in [0.5, 0.6) is 0 Å². The Kier molecular flexibility index (Phi) is 6.11. The highest BCUT2D eigenvalue weighted by atomic mass is 16.5. The smallest absolute Gasteiger partial charge is 0.407 e. The van der Waals surface area contributed by atoms with Gasteiger partial charge in [0.15, 0.2) is 0 Å². The number of pyridine rings is 1. The van der Waals surface area contributed by atoms with Gasteiger partial charge in [0.05, 0.1) is 6.04 Å². The first-order valence-corrected chi connectivity index (χ1v) is 7.29. The molecule has 0 saturated heterocycles. The predicted octanol–water partition coefficient (Wildman–Crippen LogP) is 2.19. The number of ether oxygens (including phenoxy) is 1. The minimum absolute atomic E-state index is 0.136. The molecule has 6 heteroatoms. The maximum Gasteiger partial charge on any atom is 0.407 e. The number of aromatic nitrogens is 1. The molecule has 1 heterocycles. The summed E-state index contributed by atoms with van der Waals surface area (Å²) in [6.45, 7) is 1.89. The normalized spacial score (nSPS) is 11.3. The number of rotatable bonds is 6. The van der Waals surface area contributed by atoms with Crippen molar-refractivity contribution >= 4 is 12.0 Å². The van der Waals surface area contributed by atoms with Gasteiger partial charge in [-0.25, -0.2) is 4.79 Å². The van der Waals surface area contributed by atoms with E-state index in [1.807, 2.05) is 49.4 Å². The first kappa shape index (κ1) is 16.5. The first-order valence-electron chi connectivity index (χ1n) is 7.29. The molecule has 120 valence electrons. The predicted molar refractivity (Wildman–Crippen MR) is 85.4 cm³/mol. The van der Waals surface area contributed by atoms with Crippen LogP contribution in [-0.4, -0.2) is 23.5 Å². The van der Waals surface area contributed by atoms with Crippen LogP contribution in [0.25, 0.3) is 0 Å². The molecule has 1 aromatic heterocycles. The summed E-state index contributed by atoms with van der Waals surface area (Å²) in [5.74, 6) is -0.286. The number of carbonyl (C=O) groups excluding carboxylic acids is 2. The van der Waals surface area contributed by atoms with Gasteiger partial charge in [-0.05, 0) is 30.2 Å². The topological polar surface area (TPSA) is 80.3 Å². The summed E-state index contributed by atoms with van der Waals surface area (Å²) in [6.07, 6.45) is 2.70. The van der Waals surface area contributed by atoms with Gasteiger partial charge in [0.25, 0.3) is 0 Å². The quantitative estimate of drug-likeness (QED) is 0.856. The second-order valence-corrected chi connectivity index (χ2v) is 4.99. The van der Waals surface area contributed by atoms with Crippen molar-refractivity contribution in [3.63, 3.8) is 0 Å². The van der Waals surface area contributed by atoms with Crippen LogP contribution in [0.4, 0.5) is 4.79 Å². The molecule has 0 aliphatic carbocycles. The average Bonchev–Trinajstić information content (AvgIpc) is 2.60. The fourth-order valence-corrected chi connectivity index (χ4v) is 1.95. The van der Waals surface area contributed by atoms with Crippen LogP contribution >= 0.6 is 0 Å². The van der Waals surface area contributed by atoms with Crippen LogP contribution < -0.4 is 10.6 Å². The van der Waals surface area contributed by atoms with Crippen LogP contribution in [-0.2, 0) is 16.1 Å². The summed E-state index contributed by atoms with van der Waals surface area (Å²) in [4.78, 5) is 27.3. The Morgan fingerprint density at radius 1 is 1.13 bits per heavy atom. The minimum atomic E-state index is -0.624. The summed E-state index contributed by atoms with van der Waals surface area (Å²) in [6, 6.07) is 12.8. The number of nitrogens with one attached hydrogen (secondary N) is 2. The standard InChI is InChI=1S/C17H19N3O3/c1-13(15-7-9-18-10-8-15)20-16(21)11-19-17(22)23-12-14-5-3-2-4-6-14/h2-10,13H,11-12H2,1H3,(H,19,22)(H,20,21)/t13-/m0/s1. The fourth-order valence-electron chi connectivity index (χ4n) is 1.95. The summed E-state index contributed by atoms with van der Waals surface area (Å²) in [5, 5.41) is 5.21. The van der Waals surface area contributed by atoms with E-state index in [9.17, 15) is 9.59 Å². The van der Waals surface area contributed by atoms with Crippen molar-refractivity contribution in [2.45, 2.75) is 19.6 Å². The van der Waals surface area contributed by atoms with Gasteiger partial charge in [0.2, 0.25) is 5.91 Å². The molecule has 23 heavy (non-hydrogen) atoms. The van der Waals surface area contributed by atoms with E-state index in [4.69, 9.17) is 4.74 Å². The van der Waals surface area contributed by atoms with Gasteiger partial charge in [-0.15, -0.1) is 0 Å². The fraction of sp³-hybridized carbons (Fsp3) is 0.235. The van der Waals surface area contributed by atoms with Crippen molar-refractivity contribution in [3.8, 4) is 0 Å². The van der Waals surface area contributed by atoms with E-state index in [2.05, 4.69) is 15.6 Å². The zero-order chi connectivity index (χ0) is 16.5. The average molecular weight is 313 g/mol. The van der Waals surface area contributed by atoms with Gasteiger partial charge in [-0.2, -0.15) is 0 Å². The Morgan fingerprint density at radius 2 is 1.83 bits per heavy atom. The van der Waals surface area contributed by atoms with Crippen LogP contribution in [0.15, 0.2) is 54.9 Å². The lowest BCUT2D eigenvalue weighted by Crippen LogP contribution is -2.38. The Balaban J connectivity index is 1.68. The number of nitrogens with zero attached hydrogens (tertiary/aromatic N) is 1. The third-order valence-corrected chi connectivity index (χ3v) is 3.19. The number of alkyl carbamates (subject to hydrolysis) is 1. The third kappa shape index (κ3) is 5.78. The molecule has 1 aromatic carbocycles. The Labute approximate surface area is 134 Å². The zero-order valence-corrected chi connectivity index (χ0v) is 12.9. The number of benzene rings is 1. The lowest BCUT2D eigenvalue weighted by Gasteiger charge is -2.14. The summed E-state index contributed by atoms with van der Waals surface area (Å²) in [7, 11) is 0. The molecule has 2 N–H and O–H groups in total. The highest BCUT2D eigenvalue weighted by Gasteiger charge is 2.11. The van der Waals surface area contributed by atoms with Gasteiger partial charge < -0.3 is 15.4 Å². The molecule has 0 fully saturated rings. The van der Waals surface area contributed by atoms with Crippen LogP contribution in [0, 0.1) is 0 Å². The van der Waals surface area contributed by atoms with Crippen molar-refractivity contribution in [2.24, 2.45) is 0 Å². The Morgan fingerprint density at radius 3 is 2.52 bits per heavy atom. The van der Waals surface area contributed by atoms with Crippen molar-refractivity contribution in [2.75, 3.05) is 6.54 Å². The molecule has 0 aliphatic heterocycles. The second-order valence-electron chi connectivity index (χ2n) is 4.99. The molecule has 2 rings (SSSR count). The van der Waals surface area contributed by atoms with E-state index in [1.165, 1.54) is 0 Å². The van der Waals surface area contributed by atoms with Crippen LogP contribution in [0.2, 0.25) is 0 Å². The highest BCUT2D eigenvalue weighted by Crippen LogP contribution is 2.09. The van der Waals surface area contributed by atoms with Gasteiger partial charge in [-0.1, -0.05) is 30.3 Å². The Bertz CT molecular complexity index is 632. The van der Waals surface area contributed by atoms with Gasteiger partial charge in [-0.3, -0.25) is 9.78 Å². The van der Waals surface area contributed by atoms with E-state index in [1.54, 1.807) is 12.4 Å². The van der Waals surface area contributed by atoms with Crippen molar-refractivity contribution in [3.05, 3.63) is 66.0 Å². The van der Waals surface area contributed by atoms with Crippen molar-refractivity contribution in [1.29, 1.82) is 0 Å². The second kappa shape index (κ2) is 8.53. The molecule has 0 unspecified atom stereocenters. The lowest BCUT2D eigenvalue weighted by molar-refractivity contribution is -0.120. The van der Waals surface area contributed by atoms with Gasteiger partial charge >= 0.3 is 6.09 Å². The summed E-state index contributed by atoms with van der Waals surface area (Å²) in [5.41, 5.74) is 1.83. The van der Waals surface area contributed by atoms with E-state index < -0.39 is 6.09 Å². The summed E-state index contributed by atoms with van der Waals surface area (Å²) < 4.78 is 5.03. The number of hydrogen-bond donors (Lipinski definition) is 2. The largest absolute Gasteiger partial charge is 0.445 e. The zero-order valence-electron chi connectivity index (χ0n) is 12.9. The molecule has 0 aliphatic rings. The van der Waals surface area contributed by atoms with Crippen molar-refractivity contribution < 1.29 is 14.3 Å². The van der Waals surface area contributed by atoms with E-state index in [0.717, 1.165) is 11.1 Å². The molecular formula is C17H19N3O3. The number of carbonyl (C=O) groups is 2. The molecule has 6 nitrogen and oxygen atoms in total. The van der Waals surface area contributed by atoms with Gasteiger partial charge in [0, 0.05) is 12.4 Å². The first-order chi connectivity index (χ1) is 11.1. The Hall–Kier alpha value is -2.89. The molecule has 0 saturated carbocycles. The maximum absolute atomic E-state index is 11.8. The molecule has 2 amide bonds. The molecule has 0 radical (unpaired) electrons. The third-order valence-electron chi connectivity index (χ3n) is 3.19. The molecule has 1 atom stereocenters. The minimum Gasteiger partial charge on any atom is -0.445 e. The number of amides is 2.